The topological polar surface area (TPSA) is 199 Å². The molecule has 0 saturated carbocycles. The Hall–Kier alpha value is -3.04. The summed E-state index contributed by atoms with van der Waals surface area (Å²) in [6, 6.07) is 3.41. The van der Waals surface area contributed by atoms with Crippen LogP contribution in [0.3, 0.4) is 0 Å². The summed E-state index contributed by atoms with van der Waals surface area (Å²) in [5.74, 6) is -0.467. The first-order valence-electron chi connectivity index (χ1n) is 11.3. The number of aromatic nitrogens is 6. The number of carbonyl (C=O) groups excluding carboxylic acids is 2. The number of imidazole rings is 2. The van der Waals surface area contributed by atoms with E-state index in [4.69, 9.17) is 11.5 Å². The first-order valence-corrected chi connectivity index (χ1v) is 13.7. The molecule has 0 radical (unpaired) electrons. The van der Waals surface area contributed by atoms with Crippen molar-refractivity contribution in [1.29, 1.82) is 0 Å². The number of amides is 2. The van der Waals surface area contributed by atoms with Crippen molar-refractivity contribution < 1.29 is 9.59 Å². The molecule has 0 spiro atoms. The van der Waals surface area contributed by atoms with Crippen molar-refractivity contribution in [2.45, 2.75) is 12.3 Å². The molecule has 5 rings (SSSR count). The van der Waals surface area contributed by atoms with Crippen LogP contribution < -0.4 is 22.1 Å². The second kappa shape index (κ2) is 10.4. The lowest BCUT2D eigenvalue weighted by atomic mass is 9.71. The monoisotopic (exact) mass is 696 g/mol. The number of nitrogens with zero attached hydrogens (tertiary/aromatic N) is 2. The minimum absolute atomic E-state index is 0.0772. The summed E-state index contributed by atoms with van der Waals surface area (Å²) in [4.78, 5) is 46.7. The highest BCUT2D eigenvalue weighted by Crippen LogP contribution is 2.42. The van der Waals surface area contributed by atoms with E-state index in [1.54, 1.807) is 24.5 Å². The molecule has 10 N–H and O–H groups in total. The highest BCUT2D eigenvalue weighted by Gasteiger charge is 2.41. The van der Waals surface area contributed by atoms with Gasteiger partial charge in [-0.25, -0.2) is 9.97 Å². The molecule has 3 atom stereocenters. The van der Waals surface area contributed by atoms with Gasteiger partial charge in [-0.3, -0.25) is 9.59 Å². The minimum atomic E-state index is -0.300. The maximum atomic E-state index is 13.0. The van der Waals surface area contributed by atoms with Gasteiger partial charge in [0.2, 0.25) is 0 Å². The van der Waals surface area contributed by atoms with E-state index in [2.05, 4.69) is 88.3 Å². The maximum absolute atomic E-state index is 13.0. The van der Waals surface area contributed by atoms with Crippen molar-refractivity contribution >= 4 is 71.5 Å². The number of anilines is 2. The lowest BCUT2D eigenvalue weighted by Crippen LogP contribution is -2.44. The number of nitrogens with two attached hydrogens (primary N) is 2. The van der Waals surface area contributed by atoms with Gasteiger partial charge in [-0.2, -0.15) is 0 Å². The van der Waals surface area contributed by atoms with Crippen LogP contribution >= 0.6 is 47.8 Å². The van der Waals surface area contributed by atoms with E-state index in [0.717, 1.165) is 26.0 Å². The number of H-pyrrole nitrogens is 4. The normalized spacial score (nSPS) is 18.9. The molecule has 1 aliphatic rings. The van der Waals surface area contributed by atoms with Gasteiger partial charge in [0.1, 0.15) is 11.4 Å². The number of aromatic amines is 4. The van der Waals surface area contributed by atoms with Gasteiger partial charge >= 0.3 is 0 Å². The van der Waals surface area contributed by atoms with E-state index in [1.165, 1.54) is 0 Å². The lowest BCUT2D eigenvalue weighted by molar-refractivity contribution is 0.0906. The van der Waals surface area contributed by atoms with Crippen LogP contribution in [0.25, 0.3) is 0 Å². The molecule has 194 valence electrons. The molecule has 0 unspecified atom stereocenters. The van der Waals surface area contributed by atoms with E-state index in [-0.39, 0.29) is 35.5 Å². The molecule has 2 amide bonds. The molecule has 0 saturated heterocycles. The van der Waals surface area contributed by atoms with Crippen molar-refractivity contribution in [2.24, 2.45) is 11.8 Å². The second-order valence-electron chi connectivity index (χ2n) is 8.81. The summed E-state index contributed by atoms with van der Waals surface area (Å²) in [5, 5.41) is 6.05. The fourth-order valence-electron chi connectivity index (χ4n) is 4.79. The Morgan fingerprint density at radius 1 is 1.00 bits per heavy atom. The zero-order valence-electron chi connectivity index (χ0n) is 19.2. The summed E-state index contributed by atoms with van der Waals surface area (Å²) in [6.45, 7) is 0.658. The van der Waals surface area contributed by atoms with Gasteiger partial charge < -0.3 is 42.0 Å². The van der Waals surface area contributed by atoms with Crippen molar-refractivity contribution in [3.05, 3.63) is 66.5 Å². The van der Waals surface area contributed by atoms with Crippen molar-refractivity contribution in [3.63, 3.8) is 0 Å². The van der Waals surface area contributed by atoms with Crippen LogP contribution in [0.5, 0.6) is 0 Å². The summed E-state index contributed by atoms with van der Waals surface area (Å²) in [5.41, 5.74) is 15.2. The second-order valence-corrected chi connectivity index (χ2v) is 11.4. The number of nitrogen functional groups attached to an aromatic ring is 2. The Morgan fingerprint density at radius 2 is 1.76 bits per heavy atom. The Balaban J connectivity index is 1.44. The maximum Gasteiger partial charge on any atom is 0.267 e. The zero-order chi connectivity index (χ0) is 26.3. The summed E-state index contributed by atoms with van der Waals surface area (Å²) < 4.78 is 2.21. The van der Waals surface area contributed by atoms with Crippen LogP contribution in [0.1, 0.15) is 44.0 Å². The third-order valence-corrected chi connectivity index (χ3v) is 8.70. The molecule has 37 heavy (non-hydrogen) atoms. The Labute approximate surface area is 235 Å². The number of fused-ring (bicyclic) bond motifs is 1. The predicted molar refractivity (Wildman–Crippen MR) is 148 cm³/mol. The molecule has 0 aromatic carbocycles. The highest BCUT2D eigenvalue weighted by molar-refractivity contribution is 9.13. The Morgan fingerprint density at radius 3 is 2.41 bits per heavy atom. The van der Waals surface area contributed by atoms with E-state index >= 15 is 0 Å². The number of rotatable bonds is 7. The third-order valence-electron chi connectivity index (χ3n) is 6.46. The summed E-state index contributed by atoms with van der Waals surface area (Å²) >= 11 is 10.1. The molecular formula is C22H23Br3N10O2. The summed E-state index contributed by atoms with van der Waals surface area (Å²) in [6.07, 6.45) is 3.94. The van der Waals surface area contributed by atoms with Gasteiger partial charge in [-0.1, -0.05) is 0 Å². The van der Waals surface area contributed by atoms with E-state index in [0.29, 0.717) is 41.4 Å². The Bertz CT molecular complexity index is 1430. The summed E-state index contributed by atoms with van der Waals surface area (Å²) in [7, 11) is 0. The molecule has 0 aliphatic heterocycles. The number of hydrogen-bond acceptors (Lipinski definition) is 6. The number of nitrogens with one attached hydrogen (secondary N) is 6. The van der Waals surface area contributed by atoms with Crippen LogP contribution in [0.2, 0.25) is 0 Å². The Kier molecular flexibility index (Phi) is 7.18. The van der Waals surface area contributed by atoms with Gasteiger partial charge in [0.25, 0.3) is 11.8 Å². The standard InChI is InChI=1S/C22H23Br3N10O2/c23-9-2-13(28-5-9)19(36)29-4-8-1-12-17(35-22(27)33-12)16(15-7-31-21(26)34-15)10(8)6-30-20(37)14-3-11(24)18(25)32-14/h2-3,5,7-8,10,16,28,32H,1,4,6H2,(H,29,36)(H,30,37)(H3,26,31,34)(H3,27,33,35)/t8-,10+,16-/m1/s1. The van der Waals surface area contributed by atoms with Crippen LogP contribution in [-0.4, -0.2) is 54.8 Å². The lowest BCUT2D eigenvalue weighted by Gasteiger charge is -2.37. The van der Waals surface area contributed by atoms with Crippen LogP contribution in [0, 0.1) is 11.8 Å². The first kappa shape index (κ1) is 25.6. The average molecular weight is 699 g/mol. The molecule has 4 heterocycles. The molecule has 15 heteroatoms. The number of halogens is 3. The fraction of sp³-hybridized carbons (Fsp3) is 0.273. The van der Waals surface area contributed by atoms with Gasteiger partial charge in [0.15, 0.2) is 11.9 Å². The zero-order valence-corrected chi connectivity index (χ0v) is 23.9. The number of carbonyl (C=O) groups is 2. The molecule has 1 aliphatic carbocycles. The van der Waals surface area contributed by atoms with Crippen LogP contribution in [0.15, 0.2) is 38.1 Å². The average Bonchev–Trinajstić information content (AvgIpc) is 3.63. The van der Waals surface area contributed by atoms with E-state index < -0.39 is 0 Å². The van der Waals surface area contributed by atoms with E-state index in [1.807, 2.05) is 0 Å². The van der Waals surface area contributed by atoms with Crippen molar-refractivity contribution in [1.82, 2.24) is 40.5 Å². The fourth-order valence-corrected chi connectivity index (χ4v) is 5.79. The SMILES string of the molecule is Nc1ncc([C@@H]2c3nc(N)[nH]c3C[C@H](CNC(=O)c3cc(Br)c[nH]3)[C@@H]2CNC(=O)c2cc(Br)c(Br)[nH]2)[nH]1. The first-order chi connectivity index (χ1) is 17.7. The molecule has 12 nitrogen and oxygen atoms in total. The van der Waals surface area contributed by atoms with Gasteiger partial charge in [0.05, 0.1) is 21.0 Å². The molecule has 0 bridgehead atoms. The van der Waals surface area contributed by atoms with Gasteiger partial charge in [-0.15, -0.1) is 0 Å². The van der Waals surface area contributed by atoms with E-state index in [9.17, 15) is 9.59 Å². The largest absolute Gasteiger partial charge is 0.369 e. The van der Waals surface area contributed by atoms with Crippen LogP contribution in [-0.2, 0) is 6.42 Å². The minimum Gasteiger partial charge on any atom is -0.369 e. The van der Waals surface area contributed by atoms with Gasteiger partial charge in [-0.05, 0) is 78.2 Å². The predicted octanol–water partition coefficient (Wildman–Crippen LogP) is 3.02. The molecule has 0 fully saturated rings. The van der Waals surface area contributed by atoms with Crippen molar-refractivity contribution in [3.8, 4) is 0 Å². The third kappa shape index (κ3) is 5.33. The van der Waals surface area contributed by atoms with Crippen LogP contribution in [0.4, 0.5) is 11.9 Å². The molecular weight excluding hydrogens is 676 g/mol. The molecule has 4 aromatic rings. The highest BCUT2D eigenvalue weighted by atomic mass is 79.9. The quantitative estimate of drug-likeness (QED) is 0.146. The van der Waals surface area contributed by atoms with Gasteiger partial charge in [0, 0.05) is 41.1 Å². The smallest absolute Gasteiger partial charge is 0.267 e. The molecule has 4 aromatic heterocycles. The van der Waals surface area contributed by atoms with Crippen molar-refractivity contribution in [2.75, 3.05) is 24.6 Å². The number of hydrogen-bond donors (Lipinski definition) is 8.